The molecule has 0 aliphatic rings. The number of hydrogen-bond donors (Lipinski definition) is 2. The molecule has 0 radical (unpaired) electrons. The molecule has 11 heteroatoms. The largest absolute Gasteiger partial charge is 0.378 e. The van der Waals surface area contributed by atoms with E-state index in [1.807, 2.05) is 79.7 Å². The number of nitrogens with one attached hydrogen (secondary N) is 1. The van der Waals surface area contributed by atoms with Crippen LogP contribution in [0.25, 0.3) is 16.6 Å². The third-order valence-corrected chi connectivity index (χ3v) is 6.31. The van der Waals surface area contributed by atoms with Crippen molar-refractivity contribution in [1.82, 2.24) is 30.7 Å². The van der Waals surface area contributed by atoms with Crippen molar-refractivity contribution in [2.45, 2.75) is 17.6 Å². The number of carbonyl (C=O) groups excluding carboxylic acids is 1. The Kier molecular flexibility index (Phi) is 6.22. The molecule has 5 rings (SSSR count). The molecule has 0 fully saturated rings. The van der Waals surface area contributed by atoms with E-state index in [2.05, 4.69) is 31.2 Å². The molecule has 0 atom stereocenters. The molecule has 35 heavy (non-hydrogen) atoms. The van der Waals surface area contributed by atoms with Crippen molar-refractivity contribution in [2.24, 2.45) is 5.10 Å². The van der Waals surface area contributed by atoms with Crippen molar-refractivity contribution >= 4 is 40.0 Å². The van der Waals surface area contributed by atoms with Crippen LogP contribution in [0, 0.1) is 0 Å². The molecule has 3 N–H and O–H groups in total. The summed E-state index contributed by atoms with van der Waals surface area (Å²) in [5.41, 5.74) is 10.6. The molecule has 2 heterocycles. The second-order valence-corrected chi connectivity index (χ2v) is 8.62. The van der Waals surface area contributed by atoms with Crippen LogP contribution in [0.2, 0.25) is 0 Å². The molecule has 174 valence electrons. The number of nitrogens with zero attached hydrogens (tertiary/aromatic N) is 6. The molecule has 0 aliphatic heterocycles. The highest BCUT2D eigenvalue weighted by Gasteiger charge is 2.24. The van der Waals surface area contributed by atoms with Crippen molar-refractivity contribution in [1.29, 1.82) is 0 Å². The normalized spacial score (nSPS) is 11.6. The number of amides is 1. The van der Waals surface area contributed by atoms with Crippen LogP contribution in [0.4, 0.5) is 5.82 Å². The predicted molar refractivity (Wildman–Crippen MR) is 133 cm³/mol. The molecular weight excluding hydrogens is 464 g/mol. The van der Waals surface area contributed by atoms with Crippen LogP contribution in [-0.2, 0) is 5.75 Å². The number of aromatic nitrogens is 5. The van der Waals surface area contributed by atoms with E-state index in [0.29, 0.717) is 17.2 Å². The first-order valence-corrected chi connectivity index (χ1v) is 11.6. The fourth-order valence-corrected chi connectivity index (χ4v) is 4.36. The summed E-state index contributed by atoms with van der Waals surface area (Å²) in [5.74, 6) is 0.0727. The third kappa shape index (κ3) is 4.75. The summed E-state index contributed by atoms with van der Waals surface area (Å²) in [7, 11) is 0. The number of benzene rings is 3. The van der Waals surface area contributed by atoms with Crippen molar-refractivity contribution in [3.63, 3.8) is 0 Å². The van der Waals surface area contributed by atoms with E-state index in [1.54, 1.807) is 0 Å². The Hall–Kier alpha value is -4.51. The maximum absolute atomic E-state index is 13.1. The van der Waals surface area contributed by atoms with Gasteiger partial charge in [-0.1, -0.05) is 59.8 Å². The van der Waals surface area contributed by atoms with Crippen molar-refractivity contribution in [3.8, 4) is 5.82 Å². The van der Waals surface area contributed by atoms with E-state index in [0.717, 1.165) is 21.2 Å². The van der Waals surface area contributed by atoms with Gasteiger partial charge in [0.2, 0.25) is 11.6 Å². The lowest BCUT2D eigenvalue weighted by atomic mass is 10.0. The van der Waals surface area contributed by atoms with Gasteiger partial charge in [0, 0.05) is 10.6 Å². The number of hydrazone groups is 1. The Morgan fingerprint density at radius 2 is 1.83 bits per heavy atom. The van der Waals surface area contributed by atoms with Gasteiger partial charge in [-0.3, -0.25) is 4.79 Å². The SMILES string of the molecule is CC(=NNC(=O)c1nnn(-c2nonc2N)c1CSc1ccccc1)c1ccc2ccccc2c1. The van der Waals surface area contributed by atoms with Gasteiger partial charge in [-0.2, -0.15) is 9.78 Å². The maximum atomic E-state index is 13.1. The first-order chi connectivity index (χ1) is 17.1. The summed E-state index contributed by atoms with van der Waals surface area (Å²) < 4.78 is 6.06. The number of fused-ring (bicyclic) bond motifs is 1. The summed E-state index contributed by atoms with van der Waals surface area (Å²) in [6.45, 7) is 1.83. The monoisotopic (exact) mass is 484 g/mol. The van der Waals surface area contributed by atoms with E-state index in [-0.39, 0.29) is 17.3 Å². The second-order valence-electron chi connectivity index (χ2n) is 7.57. The molecule has 2 aromatic heterocycles. The fourth-order valence-electron chi connectivity index (χ4n) is 3.45. The van der Waals surface area contributed by atoms with Gasteiger partial charge in [0.05, 0.1) is 11.4 Å². The number of hydrogen-bond acceptors (Lipinski definition) is 9. The molecule has 0 saturated heterocycles. The summed E-state index contributed by atoms with van der Waals surface area (Å²) in [6.07, 6.45) is 0. The Bertz CT molecular complexity index is 1530. The standard InChI is InChI=1S/C24H20N8O2S/c1-15(17-12-11-16-7-5-6-8-18(16)13-17)26-28-24(33)21-20(14-35-19-9-3-2-4-10-19)32(31-27-21)23-22(25)29-34-30-23/h2-13H,14H2,1H3,(H2,25,29)(H,28,33). The number of carbonyl (C=O) groups is 1. The van der Waals surface area contributed by atoms with Crippen LogP contribution in [0.5, 0.6) is 0 Å². The minimum atomic E-state index is -0.505. The molecule has 0 bridgehead atoms. The number of nitrogens with two attached hydrogens (primary N) is 1. The van der Waals surface area contributed by atoms with Gasteiger partial charge in [-0.25, -0.2) is 10.1 Å². The molecule has 1 amide bonds. The van der Waals surface area contributed by atoms with E-state index in [4.69, 9.17) is 10.4 Å². The van der Waals surface area contributed by atoms with Crippen molar-refractivity contribution in [3.05, 3.63) is 89.7 Å². The lowest BCUT2D eigenvalue weighted by Gasteiger charge is -2.07. The summed E-state index contributed by atoms with van der Waals surface area (Å²) in [5, 5.41) is 22.0. The van der Waals surface area contributed by atoms with Crippen LogP contribution >= 0.6 is 11.8 Å². The average Bonchev–Trinajstić information content (AvgIpc) is 3.51. The van der Waals surface area contributed by atoms with Crippen LogP contribution in [0.3, 0.4) is 0 Å². The fraction of sp³-hybridized carbons (Fsp3) is 0.0833. The quantitative estimate of drug-likeness (QED) is 0.202. The zero-order valence-electron chi connectivity index (χ0n) is 18.6. The number of rotatable bonds is 7. The van der Waals surface area contributed by atoms with Crippen molar-refractivity contribution in [2.75, 3.05) is 5.73 Å². The zero-order valence-corrected chi connectivity index (χ0v) is 19.4. The summed E-state index contributed by atoms with van der Waals surface area (Å²) in [4.78, 5) is 14.1. The first-order valence-electron chi connectivity index (χ1n) is 10.6. The van der Waals surface area contributed by atoms with Crippen LogP contribution in [0.1, 0.15) is 28.7 Å². The topological polar surface area (TPSA) is 137 Å². The lowest BCUT2D eigenvalue weighted by molar-refractivity contribution is 0.0949. The molecule has 0 spiro atoms. The van der Waals surface area contributed by atoms with Gasteiger partial charge in [-0.15, -0.1) is 16.9 Å². The van der Waals surface area contributed by atoms with E-state index < -0.39 is 5.91 Å². The molecule has 10 nitrogen and oxygen atoms in total. The number of thioether (sulfide) groups is 1. The average molecular weight is 485 g/mol. The van der Waals surface area contributed by atoms with Gasteiger partial charge in [0.1, 0.15) is 0 Å². The van der Waals surface area contributed by atoms with Gasteiger partial charge < -0.3 is 5.73 Å². The smallest absolute Gasteiger partial charge is 0.293 e. The van der Waals surface area contributed by atoms with E-state index >= 15 is 0 Å². The summed E-state index contributed by atoms with van der Waals surface area (Å²) in [6, 6.07) is 23.8. The zero-order chi connectivity index (χ0) is 24.2. The minimum absolute atomic E-state index is 0.0398. The maximum Gasteiger partial charge on any atom is 0.293 e. The molecule has 0 aliphatic carbocycles. The molecular formula is C24H20N8O2S. The molecule has 0 unspecified atom stereocenters. The van der Waals surface area contributed by atoms with Gasteiger partial charge in [0.15, 0.2) is 5.69 Å². The van der Waals surface area contributed by atoms with Crippen LogP contribution in [0.15, 0.2) is 87.4 Å². The first kappa shape index (κ1) is 22.3. The third-order valence-electron chi connectivity index (χ3n) is 5.29. The Balaban J connectivity index is 1.41. The van der Waals surface area contributed by atoms with Crippen molar-refractivity contribution < 1.29 is 9.42 Å². The number of anilines is 1. The highest BCUT2D eigenvalue weighted by atomic mass is 32.2. The van der Waals surface area contributed by atoms with E-state index in [9.17, 15) is 4.79 Å². The van der Waals surface area contributed by atoms with Gasteiger partial charge >= 0.3 is 0 Å². The highest BCUT2D eigenvalue weighted by Crippen LogP contribution is 2.26. The van der Waals surface area contributed by atoms with Crippen LogP contribution < -0.4 is 11.2 Å². The Morgan fingerprint density at radius 1 is 1.06 bits per heavy atom. The lowest BCUT2D eigenvalue weighted by Crippen LogP contribution is -2.21. The van der Waals surface area contributed by atoms with Gasteiger partial charge in [-0.05, 0) is 51.8 Å². The summed E-state index contributed by atoms with van der Waals surface area (Å²) >= 11 is 1.51. The highest BCUT2D eigenvalue weighted by molar-refractivity contribution is 7.98. The van der Waals surface area contributed by atoms with Gasteiger partial charge in [0.25, 0.3) is 5.91 Å². The Labute approximate surface area is 204 Å². The molecule has 0 saturated carbocycles. The predicted octanol–water partition coefficient (Wildman–Crippen LogP) is 3.83. The second kappa shape index (κ2) is 9.77. The molecule has 3 aromatic carbocycles. The molecule has 5 aromatic rings. The minimum Gasteiger partial charge on any atom is -0.378 e. The Morgan fingerprint density at radius 3 is 2.60 bits per heavy atom. The van der Waals surface area contributed by atoms with Crippen LogP contribution in [-0.4, -0.2) is 36.9 Å². The number of nitrogen functional groups attached to an aromatic ring is 1. The van der Waals surface area contributed by atoms with E-state index in [1.165, 1.54) is 16.4 Å².